The summed E-state index contributed by atoms with van der Waals surface area (Å²) in [4.78, 5) is 11.8. The van der Waals surface area contributed by atoms with Gasteiger partial charge < -0.3 is 11.1 Å². The van der Waals surface area contributed by atoms with Gasteiger partial charge in [-0.15, -0.1) is 12.4 Å². The first-order chi connectivity index (χ1) is 7.29. The molecule has 17 heavy (non-hydrogen) atoms. The third-order valence-corrected chi connectivity index (χ3v) is 2.44. The molecule has 3 N–H and O–H groups in total. The van der Waals surface area contributed by atoms with Gasteiger partial charge in [0, 0.05) is 17.1 Å². The van der Waals surface area contributed by atoms with Crippen LogP contribution in [0.25, 0.3) is 0 Å². The van der Waals surface area contributed by atoms with E-state index >= 15 is 0 Å². The van der Waals surface area contributed by atoms with Gasteiger partial charge in [-0.3, -0.25) is 4.79 Å². The third-order valence-electron chi connectivity index (χ3n) is 1.88. The van der Waals surface area contributed by atoms with E-state index < -0.39 is 5.54 Å². The molecule has 1 aromatic carbocycles. The Morgan fingerprint density at radius 1 is 1.41 bits per heavy atom. The van der Waals surface area contributed by atoms with Crippen molar-refractivity contribution in [3.05, 3.63) is 33.8 Å². The smallest absolute Gasteiger partial charge is 0.252 e. The number of hydrogen-bond acceptors (Lipinski definition) is 2. The molecule has 0 bridgehead atoms. The number of hydrogen-bond donors (Lipinski definition) is 2. The maximum Gasteiger partial charge on any atom is 0.252 e. The first-order valence-corrected chi connectivity index (χ1v) is 5.57. The predicted molar refractivity (Wildman–Crippen MR) is 74.3 cm³/mol. The minimum absolute atomic E-state index is 0. The lowest BCUT2D eigenvalue weighted by atomic mass is 10.1. The summed E-state index contributed by atoms with van der Waals surface area (Å²) in [6, 6.07) is 4.75. The van der Waals surface area contributed by atoms with Gasteiger partial charge >= 0.3 is 0 Å². The molecular weight excluding hydrogens is 282 g/mol. The van der Waals surface area contributed by atoms with Crippen LogP contribution in [0.1, 0.15) is 24.2 Å². The zero-order valence-electron chi connectivity index (χ0n) is 9.59. The summed E-state index contributed by atoms with van der Waals surface area (Å²) in [7, 11) is 0. The molecule has 96 valence electrons. The van der Waals surface area contributed by atoms with Crippen molar-refractivity contribution in [2.75, 3.05) is 6.54 Å². The van der Waals surface area contributed by atoms with E-state index in [0.29, 0.717) is 22.2 Å². The molecule has 0 aliphatic heterocycles. The van der Waals surface area contributed by atoms with E-state index in [1.165, 1.54) is 6.07 Å². The van der Waals surface area contributed by atoms with Gasteiger partial charge in [-0.1, -0.05) is 23.2 Å². The molecule has 0 fully saturated rings. The number of rotatable bonds is 3. The van der Waals surface area contributed by atoms with E-state index in [0.717, 1.165) is 0 Å². The second-order valence-electron chi connectivity index (χ2n) is 4.30. The average Bonchev–Trinajstić information content (AvgIpc) is 2.17. The van der Waals surface area contributed by atoms with E-state index in [1.54, 1.807) is 12.1 Å². The molecule has 0 saturated carbocycles. The second kappa shape index (κ2) is 6.45. The highest BCUT2D eigenvalue weighted by Crippen LogP contribution is 2.20. The molecule has 0 heterocycles. The fourth-order valence-electron chi connectivity index (χ4n) is 1.07. The van der Waals surface area contributed by atoms with Crippen molar-refractivity contribution in [3.63, 3.8) is 0 Å². The zero-order chi connectivity index (χ0) is 12.3. The first kappa shape index (κ1) is 16.5. The number of nitrogens with two attached hydrogens (primary N) is 1. The molecule has 0 atom stereocenters. The van der Waals surface area contributed by atoms with Gasteiger partial charge in [-0.25, -0.2) is 0 Å². The van der Waals surface area contributed by atoms with Crippen LogP contribution in [0.3, 0.4) is 0 Å². The molecule has 3 nitrogen and oxygen atoms in total. The number of nitrogens with one attached hydrogen (secondary N) is 1. The summed E-state index contributed by atoms with van der Waals surface area (Å²) in [5.74, 6) is -0.272. The molecule has 0 aromatic heterocycles. The highest BCUT2D eigenvalue weighted by atomic mass is 35.5. The Hall–Kier alpha value is -0.480. The minimum atomic E-state index is -0.458. The van der Waals surface area contributed by atoms with Crippen LogP contribution in [0.4, 0.5) is 0 Å². The van der Waals surface area contributed by atoms with Crippen LogP contribution in [-0.2, 0) is 0 Å². The van der Waals surface area contributed by atoms with Crippen LogP contribution >= 0.6 is 35.6 Å². The van der Waals surface area contributed by atoms with Crippen molar-refractivity contribution in [3.8, 4) is 0 Å². The van der Waals surface area contributed by atoms with E-state index in [4.69, 9.17) is 28.9 Å². The van der Waals surface area contributed by atoms with Gasteiger partial charge in [-0.2, -0.15) is 0 Å². The minimum Gasteiger partial charge on any atom is -0.350 e. The van der Waals surface area contributed by atoms with Gasteiger partial charge in [0.2, 0.25) is 0 Å². The molecule has 0 spiro atoms. The van der Waals surface area contributed by atoms with Gasteiger partial charge in [0.05, 0.1) is 10.6 Å². The molecule has 6 heteroatoms. The summed E-state index contributed by atoms with van der Waals surface area (Å²) in [5, 5.41) is 3.55. The monoisotopic (exact) mass is 296 g/mol. The molecule has 0 saturated heterocycles. The number of halogens is 3. The van der Waals surface area contributed by atoms with E-state index in [9.17, 15) is 4.79 Å². The van der Waals surface area contributed by atoms with Crippen LogP contribution in [-0.4, -0.2) is 18.0 Å². The summed E-state index contributed by atoms with van der Waals surface area (Å²) < 4.78 is 0. The van der Waals surface area contributed by atoms with Crippen molar-refractivity contribution < 1.29 is 4.79 Å². The lowest BCUT2D eigenvalue weighted by Crippen LogP contribution is -2.45. The van der Waals surface area contributed by atoms with Crippen molar-refractivity contribution in [1.29, 1.82) is 0 Å². The SMILES string of the molecule is CC(C)(N)CNC(=O)c1cc(Cl)ccc1Cl.Cl. The first-order valence-electron chi connectivity index (χ1n) is 4.82. The van der Waals surface area contributed by atoms with Crippen LogP contribution < -0.4 is 11.1 Å². The Bertz CT molecular complexity index is 402. The number of carbonyl (C=O) groups is 1. The zero-order valence-corrected chi connectivity index (χ0v) is 11.9. The van der Waals surface area contributed by atoms with Crippen LogP contribution in [0, 0.1) is 0 Å². The van der Waals surface area contributed by atoms with Crippen molar-refractivity contribution in [2.45, 2.75) is 19.4 Å². The molecule has 0 aliphatic rings. The summed E-state index contributed by atoms with van der Waals surface area (Å²) >= 11 is 11.7. The average molecular weight is 298 g/mol. The summed E-state index contributed by atoms with van der Waals surface area (Å²) in [6.07, 6.45) is 0. The van der Waals surface area contributed by atoms with E-state index in [-0.39, 0.29) is 18.3 Å². The Kier molecular flexibility index (Phi) is 6.27. The number of benzene rings is 1. The fourth-order valence-corrected chi connectivity index (χ4v) is 1.45. The van der Waals surface area contributed by atoms with Gasteiger partial charge in [0.15, 0.2) is 0 Å². The molecule has 1 aromatic rings. The summed E-state index contributed by atoms with van der Waals surface area (Å²) in [6.45, 7) is 4.02. The Labute approximate surface area is 117 Å². The van der Waals surface area contributed by atoms with E-state index in [2.05, 4.69) is 5.32 Å². The topological polar surface area (TPSA) is 55.1 Å². The van der Waals surface area contributed by atoms with Gasteiger partial charge in [-0.05, 0) is 32.0 Å². The standard InChI is InChI=1S/C11H14Cl2N2O.ClH/c1-11(2,14)6-15-10(16)8-5-7(12)3-4-9(8)13;/h3-5H,6,14H2,1-2H3,(H,15,16);1H. The summed E-state index contributed by atoms with van der Waals surface area (Å²) in [5.41, 5.74) is 5.66. The molecule has 0 unspecified atom stereocenters. The van der Waals surface area contributed by atoms with E-state index in [1.807, 2.05) is 13.8 Å². The highest BCUT2D eigenvalue weighted by molar-refractivity contribution is 6.35. The molecule has 1 rings (SSSR count). The highest BCUT2D eigenvalue weighted by Gasteiger charge is 2.15. The van der Waals surface area contributed by atoms with Gasteiger partial charge in [0.1, 0.15) is 0 Å². The largest absolute Gasteiger partial charge is 0.350 e. The van der Waals surface area contributed by atoms with Crippen molar-refractivity contribution in [2.24, 2.45) is 5.73 Å². The quantitative estimate of drug-likeness (QED) is 0.901. The third kappa shape index (κ3) is 5.59. The predicted octanol–water partition coefficient (Wildman–Crippen LogP) is 2.88. The Morgan fingerprint density at radius 3 is 2.53 bits per heavy atom. The maximum absolute atomic E-state index is 11.8. The maximum atomic E-state index is 11.8. The van der Waals surface area contributed by atoms with Crippen LogP contribution in [0.5, 0.6) is 0 Å². The molecule has 0 aliphatic carbocycles. The number of carbonyl (C=O) groups excluding carboxylic acids is 1. The molecule has 1 amide bonds. The van der Waals surface area contributed by atoms with Crippen molar-refractivity contribution >= 4 is 41.5 Å². The lowest BCUT2D eigenvalue weighted by molar-refractivity contribution is 0.0946. The Balaban J connectivity index is 0.00000256. The molecule has 0 radical (unpaired) electrons. The van der Waals surface area contributed by atoms with Crippen LogP contribution in [0.15, 0.2) is 18.2 Å². The van der Waals surface area contributed by atoms with Crippen molar-refractivity contribution in [1.82, 2.24) is 5.32 Å². The van der Waals surface area contributed by atoms with Crippen LogP contribution in [0.2, 0.25) is 10.0 Å². The van der Waals surface area contributed by atoms with Gasteiger partial charge in [0.25, 0.3) is 5.91 Å². The molecular formula is C11H15Cl3N2O. The second-order valence-corrected chi connectivity index (χ2v) is 5.14. The Morgan fingerprint density at radius 2 is 2.00 bits per heavy atom. The normalized spacial score (nSPS) is 10.6. The lowest BCUT2D eigenvalue weighted by Gasteiger charge is -2.19. The number of amides is 1. The fraction of sp³-hybridized carbons (Fsp3) is 0.364.